The second-order valence-electron chi connectivity index (χ2n) is 4.46. The van der Waals surface area contributed by atoms with Gasteiger partial charge in [-0.05, 0) is 50.1 Å². The highest BCUT2D eigenvalue weighted by molar-refractivity contribution is 5.94. The first-order valence-electron chi connectivity index (χ1n) is 5.75. The van der Waals surface area contributed by atoms with Gasteiger partial charge in [0.2, 0.25) is 0 Å². The predicted octanol–water partition coefficient (Wildman–Crippen LogP) is 1.40. The largest absolute Gasteiger partial charge is 0.348 e. The quantitative estimate of drug-likeness (QED) is 0.787. The monoisotopic (exact) mass is 218 g/mol. The highest BCUT2D eigenvalue weighted by Crippen LogP contribution is 2.10. The number of rotatable bonds is 2. The van der Waals surface area contributed by atoms with Crippen molar-refractivity contribution >= 4 is 5.91 Å². The Morgan fingerprint density at radius 2 is 2.19 bits per heavy atom. The molecule has 1 fully saturated rings. The second kappa shape index (κ2) is 4.66. The zero-order valence-electron chi connectivity index (χ0n) is 9.84. The van der Waals surface area contributed by atoms with Crippen LogP contribution in [0, 0.1) is 13.8 Å². The summed E-state index contributed by atoms with van der Waals surface area (Å²) in [6.45, 7) is 5.97. The van der Waals surface area contributed by atoms with Crippen molar-refractivity contribution in [2.24, 2.45) is 0 Å². The summed E-state index contributed by atoms with van der Waals surface area (Å²) in [7, 11) is 0. The van der Waals surface area contributed by atoms with Crippen molar-refractivity contribution in [3.63, 3.8) is 0 Å². The molecule has 1 aliphatic rings. The maximum absolute atomic E-state index is 11.9. The first-order chi connectivity index (χ1) is 7.66. The number of hydrogen-bond donors (Lipinski definition) is 2. The summed E-state index contributed by atoms with van der Waals surface area (Å²) in [4.78, 5) is 11.9. The average molecular weight is 218 g/mol. The smallest absolute Gasteiger partial charge is 0.251 e. The van der Waals surface area contributed by atoms with E-state index in [1.807, 2.05) is 25.1 Å². The van der Waals surface area contributed by atoms with Crippen LogP contribution < -0.4 is 10.6 Å². The van der Waals surface area contributed by atoms with E-state index >= 15 is 0 Å². The summed E-state index contributed by atoms with van der Waals surface area (Å²) in [5.41, 5.74) is 3.14. The molecule has 16 heavy (non-hydrogen) atoms. The van der Waals surface area contributed by atoms with Crippen LogP contribution in [-0.4, -0.2) is 25.0 Å². The molecular formula is C13H18N2O. The lowest BCUT2D eigenvalue weighted by Gasteiger charge is -2.12. The van der Waals surface area contributed by atoms with Crippen molar-refractivity contribution in [1.82, 2.24) is 10.6 Å². The minimum atomic E-state index is 0.0387. The molecule has 3 heteroatoms. The Kier molecular flexibility index (Phi) is 3.25. The van der Waals surface area contributed by atoms with Crippen LogP contribution in [-0.2, 0) is 0 Å². The maximum atomic E-state index is 11.9. The van der Waals surface area contributed by atoms with Gasteiger partial charge in [-0.1, -0.05) is 6.07 Å². The molecule has 0 spiro atoms. The number of carbonyl (C=O) groups is 1. The lowest BCUT2D eigenvalue weighted by atomic mass is 10.1. The molecule has 0 bridgehead atoms. The van der Waals surface area contributed by atoms with E-state index in [-0.39, 0.29) is 11.9 Å². The Morgan fingerprint density at radius 1 is 1.38 bits per heavy atom. The van der Waals surface area contributed by atoms with Gasteiger partial charge in [-0.3, -0.25) is 4.79 Å². The molecule has 1 aromatic rings. The maximum Gasteiger partial charge on any atom is 0.251 e. The van der Waals surface area contributed by atoms with Crippen molar-refractivity contribution in [3.8, 4) is 0 Å². The molecule has 1 atom stereocenters. The Labute approximate surface area is 96.2 Å². The van der Waals surface area contributed by atoms with Gasteiger partial charge in [-0.2, -0.15) is 0 Å². The molecule has 0 aromatic heterocycles. The molecule has 3 nitrogen and oxygen atoms in total. The van der Waals surface area contributed by atoms with Crippen LogP contribution in [0.1, 0.15) is 27.9 Å². The Morgan fingerprint density at radius 3 is 2.81 bits per heavy atom. The molecule has 1 saturated heterocycles. The highest BCUT2D eigenvalue weighted by atomic mass is 16.1. The summed E-state index contributed by atoms with van der Waals surface area (Å²) in [5, 5.41) is 6.28. The van der Waals surface area contributed by atoms with Crippen molar-refractivity contribution in [1.29, 1.82) is 0 Å². The number of carbonyl (C=O) groups excluding carboxylic acids is 1. The molecule has 0 unspecified atom stereocenters. The fraction of sp³-hybridized carbons (Fsp3) is 0.462. The van der Waals surface area contributed by atoms with Gasteiger partial charge < -0.3 is 10.6 Å². The van der Waals surface area contributed by atoms with Gasteiger partial charge in [0.1, 0.15) is 0 Å². The molecule has 1 aliphatic heterocycles. The normalized spacial score (nSPS) is 19.8. The summed E-state index contributed by atoms with van der Waals surface area (Å²) in [6.07, 6.45) is 1.02. The van der Waals surface area contributed by atoms with Crippen LogP contribution in [0.15, 0.2) is 18.2 Å². The van der Waals surface area contributed by atoms with E-state index < -0.39 is 0 Å². The first-order valence-corrected chi connectivity index (χ1v) is 5.75. The lowest BCUT2D eigenvalue weighted by Crippen LogP contribution is -2.36. The Hall–Kier alpha value is -1.35. The second-order valence-corrected chi connectivity index (χ2v) is 4.46. The van der Waals surface area contributed by atoms with Gasteiger partial charge in [0.05, 0.1) is 0 Å². The van der Waals surface area contributed by atoms with E-state index in [9.17, 15) is 4.79 Å². The van der Waals surface area contributed by atoms with Crippen molar-refractivity contribution in [2.45, 2.75) is 26.3 Å². The molecule has 1 heterocycles. The van der Waals surface area contributed by atoms with E-state index in [0.717, 1.165) is 30.6 Å². The van der Waals surface area contributed by atoms with Crippen LogP contribution in [0.4, 0.5) is 0 Å². The Bertz CT molecular complexity index is 395. The third kappa shape index (κ3) is 2.42. The topological polar surface area (TPSA) is 41.1 Å². The predicted molar refractivity (Wildman–Crippen MR) is 64.7 cm³/mol. The van der Waals surface area contributed by atoms with E-state index in [1.165, 1.54) is 5.56 Å². The summed E-state index contributed by atoms with van der Waals surface area (Å²) >= 11 is 0. The number of aryl methyl sites for hydroxylation is 2. The molecule has 0 radical (unpaired) electrons. The van der Waals surface area contributed by atoms with E-state index in [1.54, 1.807) is 0 Å². The lowest BCUT2D eigenvalue weighted by molar-refractivity contribution is 0.0940. The molecule has 86 valence electrons. The number of hydrogen-bond acceptors (Lipinski definition) is 2. The summed E-state index contributed by atoms with van der Waals surface area (Å²) in [6, 6.07) is 6.12. The third-order valence-corrected chi connectivity index (χ3v) is 3.16. The highest BCUT2D eigenvalue weighted by Gasteiger charge is 2.17. The molecule has 0 saturated carbocycles. The molecule has 2 N–H and O–H groups in total. The van der Waals surface area contributed by atoms with Crippen molar-refractivity contribution in [3.05, 3.63) is 34.9 Å². The van der Waals surface area contributed by atoms with E-state index in [0.29, 0.717) is 0 Å². The van der Waals surface area contributed by atoms with Crippen molar-refractivity contribution < 1.29 is 4.79 Å². The molecular weight excluding hydrogens is 200 g/mol. The fourth-order valence-electron chi connectivity index (χ4n) is 1.93. The standard InChI is InChI=1S/C13H18N2O/c1-9-3-4-11(7-10(9)2)13(16)15-12-5-6-14-8-12/h3-4,7,12,14H,5-6,8H2,1-2H3,(H,15,16)/t12-/m0/s1. The van der Waals surface area contributed by atoms with E-state index in [4.69, 9.17) is 0 Å². The SMILES string of the molecule is Cc1ccc(C(=O)N[C@H]2CCNC2)cc1C. The summed E-state index contributed by atoms with van der Waals surface area (Å²) in [5.74, 6) is 0.0387. The third-order valence-electron chi connectivity index (χ3n) is 3.16. The number of benzene rings is 1. The van der Waals surface area contributed by atoms with Gasteiger partial charge in [0.15, 0.2) is 0 Å². The molecule has 2 rings (SSSR count). The van der Waals surface area contributed by atoms with Gasteiger partial charge in [0, 0.05) is 18.2 Å². The van der Waals surface area contributed by atoms with Crippen LogP contribution in [0.3, 0.4) is 0 Å². The zero-order chi connectivity index (χ0) is 11.5. The van der Waals surface area contributed by atoms with Crippen LogP contribution in [0.5, 0.6) is 0 Å². The van der Waals surface area contributed by atoms with Crippen LogP contribution in [0.25, 0.3) is 0 Å². The van der Waals surface area contributed by atoms with Crippen LogP contribution >= 0.6 is 0 Å². The minimum absolute atomic E-state index is 0.0387. The molecule has 0 aliphatic carbocycles. The van der Waals surface area contributed by atoms with E-state index in [2.05, 4.69) is 17.6 Å². The van der Waals surface area contributed by atoms with Gasteiger partial charge >= 0.3 is 0 Å². The average Bonchev–Trinajstić information content (AvgIpc) is 2.74. The first kappa shape index (κ1) is 11.1. The Balaban J connectivity index is 2.05. The summed E-state index contributed by atoms with van der Waals surface area (Å²) < 4.78 is 0. The number of nitrogens with one attached hydrogen (secondary N) is 2. The minimum Gasteiger partial charge on any atom is -0.348 e. The molecule has 1 amide bonds. The van der Waals surface area contributed by atoms with Gasteiger partial charge in [-0.15, -0.1) is 0 Å². The molecule has 1 aromatic carbocycles. The number of amides is 1. The fourth-order valence-corrected chi connectivity index (χ4v) is 1.93. The van der Waals surface area contributed by atoms with Crippen LogP contribution in [0.2, 0.25) is 0 Å². The van der Waals surface area contributed by atoms with Crippen molar-refractivity contribution in [2.75, 3.05) is 13.1 Å². The van der Waals surface area contributed by atoms with Gasteiger partial charge in [0.25, 0.3) is 5.91 Å². The zero-order valence-corrected chi connectivity index (χ0v) is 9.84. The van der Waals surface area contributed by atoms with Gasteiger partial charge in [-0.25, -0.2) is 0 Å².